The number of nitrogens with zero attached hydrogens (tertiary/aromatic N) is 2. The van der Waals surface area contributed by atoms with E-state index in [4.69, 9.17) is 4.74 Å². The van der Waals surface area contributed by atoms with Gasteiger partial charge in [-0.3, -0.25) is 0 Å². The van der Waals surface area contributed by atoms with Gasteiger partial charge in [-0.15, -0.1) is 5.10 Å². The predicted octanol–water partition coefficient (Wildman–Crippen LogP) is 1.55. The largest absolute Gasteiger partial charge is 0.493 e. The van der Waals surface area contributed by atoms with Crippen molar-refractivity contribution in [3.8, 4) is 5.75 Å². The highest BCUT2D eigenvalue weighted by atomic mass is 32.1. The minimum Gasteiger partial charge on any atom is -0.493 e. The molecule has 0 fully saturated rings. The first-order valence-electron chi connectivity index (χ1n) is 5.05. The van der Waals surface area contributed by atoms with E-state index in [1.54, 1.807) is 5.38 Å². The molecule has 1 aromatic carbocycles. The molecule has 1 aliphatic rings. The fourth-order valence-corrected chi connectivity index (χ4v) is 2.31. The summed E-state index contributed by atoms with van der Waals surface area (Å²) < 4.78 is 9.16. The molecule has 1 aliphatic heterocycles. The third-order valence-electron chi connectivity index (χ3n) is 2.69. The van der Waals surface area contributed by atoms with Gasteiger partial charge >= 0.3 is 0 Å². The van der Waals surface area contributed by atoms with Crippen molar-refractivity contribution in [2.75, 3.05) is 6.61 Å². The molecule has 3 rings (SSSR count). The van der Waals surface area contributed by atoms with Gasteiger partial charge in [0.1, 0.15) is 17.5 Å². The molecule has 2 aromatic rings. The van der Waals surface area contributed by atoms with E-state index in [0.717, 1.165) is 29.9 Å². The molecular weight excluding hydrogens is 224 g/mol. The lowest BCUT2D eigenvalue weighted by Crippen LogP contribution is -2.00. The molecule has 1 unspecified atom stereocenters. The lowest BCUT2D eigenvalue weighted by molar-refractivity contribution is 0.215. The van der Waals surface area contributed by atoms with Crippen molar-refractivity contribution in [2.24, 2.45) is 0 Å². The number of hydrogen-bond donors (Lipinski definition) is 1. The molecule has 1 atom stereocenters. The maximum Gasteiger partial charge on any atom is 0.124 e. The zero-order valence-corrected chi connectivity index (χ0v) is 9.28. The number of aliphatic hydroxyl groups is 1. The number of fused-ring (bicyclic) bond motifs is 1. The van der Waals surface area contributed by atoms with Crippen LogP contribution in [0.3, 0.4) is 0 Å². The SMILES string of the molecule is OC(c1ccc2c(c1)CCO2)c1csnn1. The number of aromatic nitrogens is 2. The fraction of sp³-hybridized carbons (Fsp3) is 0.273. The summed E-state index contributed by atoms with van der Waals surface area (Å²) in [5, 5.41) is 15.7. The van der Waals surface area contributed by atoms with E-state index in [0.29, 0.717) is 5.69 Å². The molecule has 0 radical (unpaired) electrons. The van der Waals surface area contributed by atoms with Crippen molar-refractivity contribution < 1.29 is 9.84 Å². The Kier molecular flexibility index (Phi) is 2.34. The van der Waals surface area contributed by atoms with Gasteiger partial charge in [0.15, 0.2) is 0 Å². The van der Waals surface area contributed by atoms with Gasteiger partial charge in [0.05, 0.1) is 6.61 Å². The Hall–Kier alpha value is -1.46. The van der Waals surface area contributed by atoms with Crippen molar-refractivity contribution in [3.05, 3.63) is 40.4 Å². The molecule has 0 aliphatic carbocycles. The summed E-state index contributed by atoms with van der Waals surface area (Å²) in [4.78, 5) is 0. The molecule has 2 heterocycles. The summed E-state index contributed by atoms with van der Waals surface area (Å²) in [6.45, 7) is 0.729. The lowest BCUT2D eigenvalue weighted by atomic mass is 10.0. The van der Waals surface area contributed by atoms with E-state index in [1.807, 2.05) is 18.2 Å². The Morgan fingerprint density at radius 3 is 3.19 bits per heavy atom. The van der Waals surface area contributed by atoms with Crippen LogP contribution in [-0.4, -0.2) is 21.3 Å². The quantitative estimate of drug-likeness (QED) is 0.856. The minimum atomic E-state index is -0.690. The summed E-state index contributed by atoms with van der Waals surface area (Å²) in [6.07, 6.45) is 0.218. The first kappa shape index (κ1) is 9.74. The summed E-state index contributed by atoms with van der Waals surface area (Å²) in [5.41, 5.74) is 2.60. The number of hydrogen-bond acceptors (Lipinski definition) is 5. The maximum atomic E-state index is 10.1. The summed E-state index contributed by atoms with van der Waals surface area (Å²) in [7, 11) is 0. The molecule has 1 aromatic heterocycles. The highest BCUT2D eigenvalue weighted by Gasteiger charge is 2.17. The topological polar surface area (TPSA) is 55.2 Å². The van der Waals surface area contributed by atoms with E-state index in [2.05, 4.69) is 9.59 Å². The van der Waals surface area contributed by atoms with Gasteiger partial charge in [-0.2, -0.15) is 0 Å². The van der Waals surface area contributed by atoms with E-state index >= 15 is 0 Å². The predicted molar refractivity (Wildman–Crippen MR) is 59.6 cm³/mol. The molecule has 82 valence electrons. The smallest absolute Gasteiger partial charge is 0.124 e. The number of benzene rings is 1. The van der Waals surface area contributed by atoms with E-state index in [-0.39, 0.29) is 0 Å². The van der Waals surface area contributed by atoms with Gasteiger partial charge in [-0.1, -0.05) is 10.6 Å². The second kappa shape index (κ2) is 3.84. The molecule has 4 nitrogen and oxygen atoms in total. The van der Waals surface area contributed by atoms with Crippen LogP contribution in [0, 0.1) is 0 Å². The highest BCUT2D eigenvalue weighted by molar-refractivity contribution is 7.03. The van der Waals surface area contributed by atoms with Crippen molar-refractivity contribution in [1.29, 1.82) is 0 Å². The van der Waals surface area contributed by atoms with Crippen molar-refractivity contribution in [2.45, 2.75) is 12.5 Å². The third-order valence-corrected chi connectivity index (χ3v) is 3.21. The normalized spacial score (nSPS) is 15.6. The molecule has 0 spiro atoms. The molecule has 0 saturated carbocycles. The fourth-order valence-electron chi connectivity index (χ4n) is 1.84. The average molecular weight is 234 g/mol. The van der Waals surface area contributed by atoms with Gasteiger partial charge in [0.25, 0.3) is 0 Å². The van der Waals surface area contributed by atoms with Gasteiger partial charge in [-0.25, -0.2) is 0 Å². The Bertz CT molecular complexity index is 499. The number of aliphatic hydroxyl groups excluding tert-OH is 1. The van der Waals surface area contributed by atoms with Crippen LogP contribution >= 0.6 is 11.5 Å². The Morgan fingerprint density at radius 1 is 1.44 bits per heavy atom. The van der Waals surface area contributed by atoms with Crippen LogP contribution in [0.15, 0.2) is 23.6 Å². The molecule has 0 bridgehead atoms. The Balaban J connectivity index is 1.95. The Morgan fingerprint density at radius 2 is 2.38 bits per heavy atom. The van der Waals surface area contributed by atoms with Gasteiger partial charge in [0, 0.05) is 11.8 Å². The maximum absolute atomic E-state index is 10.1. The standard InChI is InChI=1S/C11H10N2O2S/c14-11(9-6-16-13-12-9)8-1-2-10-7(5-8)3-4-15-10/h1-2,5-6,11,14H,3-4H2. The highest BCUT2D eigenvalue weighted by Crippen LogP contribution is 2.30. The van der Waals surface area contributed by atoms with Crippen molar-refractivity contribution >= 4 is 11.5 Å². The number of ether oxygens (including phenoxy) is 1. The zero-order valence-electron chi connectivity index (χ0n) is 8.46. The van der Waals surface area contributed by atoms with Crippen LogP contribution < -0.4 is 4.74 Å². The van der Waals surface area contributed by atoms with Gasteiger partial charge in [-0.05, 0) is 34.8 Å². The monoisotopic (exact) mass is 234 g/mol. The van der Waals surface area contributed by atoms with Crippen molar-refractivity contribution in [3.63, 3.8) is 0 Å². The average Bonchev–Trinajstić information content (AvgIpc) is 2.98. The summed E-state index contributed by atoms with van der Waals surface area (Å²) in [6, 6.07) is 5.75. The molecular formula is C11H10N2O2S. The Labute approximate surface area is 96.7 Å². The van der Waals surface area contributed by atoms with Crippen LogP contribution in [-0.2, 0) is 6.42 Å². The van der Waals surface area contributed by atoms with Crippen LogP contribution in [0.25, 0.3) is 0 Å². The first-order chi connectivity index (χ1) is 7.84. The summed E-state index contributed by atoms with van der Waals surface area (Å²) in [5.74, 6) is 0.923. The van der Waals surface area contributed by atoms with E-state index < -0.39 is 6.10 Å². The number of rotatable bonds is 2. The molecule has 1 N–H and O–H groups in total. The van der Waals surface area contributed by atoms with Crippen molar-refractivity contribution in [1.82, 2.24) is 9.59 Å². The zero-order chi connectivity index (χ0) is 11.0. The van der Waals surface area contributed by atoms with Crippen LogP contribution in [0.5, 0.6) is 5.75 Å². The molecule has 0 amide bonds. The molecule has 0 saturated heterocycles. The third kappa shape index (κ3) is 1.58. The van der Waals surface area contributed by atoms with Gasteiger partial charge < -0.3 is 9.84 Å². The lowest BCUT2D eigenvalue weighted by Gasteiger charge is -2.08. The second-order valence-corrected chi connectivity index (χ2v) is 4.31. The van der Waals surface area contributed by atoms with Crippen LogP contribution in [0.2, 0.25) is 0 Å². The molecule has 16 heavy (non-hydrogen) atoms. The van der Waals surface area contributed by atoms with Crippen LogP contribution in [0.1, 0.15) is 22.9 Å². The first-order valence-corrected chi connectivity index (χ1v) is 5.89. The second-order valence-electron chi connectivity index (χ2n) is 3.70. The minimum absolute atomic E-state index is 0.601. The molecule has 5 heteroatoms. The van der Waals surface area contributed by atoms with E-state index in [9.17, 15) is 5.11 Å². The van der Waals surface area contributed by atoms with E-state index in [1.165, 1.54) is 11.5 Å². The van der Waals surface area contributed by atoms with Gasteiger partial charge in [0.2, 0.25) is 0 Å². The summed E-state index contributed by atoms with van der Waals surface area (Å²) >= 11 is 1.24. The van der Waals surface area contributed by atoms with Crippen LogP contribution in [0.4, 0.5) is 0 Å².